The van der Waals surface area contributed by atoms with Crippen molar-refractivity contribution in [2.75, 3.05) is 20.5 Å². The van der Waals surface area contributed by atoms with Crippen molar-refractivity contribution in [3.63, 3.8) is 0 Å². The van der Waals surface area contributed by atoms with E-state index in [2.05, 4.69) is 0 Å². The van der Waals surface area contributed by atoms with Crippen LogP contribution in [0.15, 0.2) is 48.5 Å². The number of aromatic carboxylic acids is 1. The first kappa shape index (κ1) is 35.0. The summed E-state index contributed by atoms with van der Waals surface area (Å²) in [5.74, 6) is -1.99. The molecule has 242 valence electrons. The van der Waals surface area contributed by atoms with Crippen LogP contribution in [0.5, 0.6) is 11.5 Å². The maximum Gasteiger partial charge on any atom is 0.340 e. The standard InChI is InChI=1S/C34H46O10/c1-7-18-40-26-19-25(30(32(36)37)29(20-26)41-21-39-6)14-11-15-28-31(44-34(4,5)43-28)27(17-16-22(2)23(3)35)42-33(38)24-12-9-8-10-13-24/h8-14,19-20,22-23,27-28,31,35H,7,15-18,21H2,1-6H3,(H,36,37)/b14-11+/t22-,23+,27?,28+,31-/m1/s1. The van der Waals surface area contributed by atoms with E-state index in [1.807, 2.05) is 26.0 Å². The Morgan fingerprint density at radius 1 is 1.07 bits per heavy atom. The Bertz CT molecular complexity index is 1240. The molecule has 2 aromatic rings. The Morgan fingerprint density at radius 3 is 2.43 bits per heavy atom. The quantitative estimate of drug-likeness (QED) is 0.159. The van der Waals surface area contributed by atoms with E-state index >= 15 is 0 Å². The Hall–Kier alpha value is -3.44. The highest BCUT2D eigenvalue weighted by atomic mass is 16.8. The fraction of sp³-hybridized carbons (Fsp3) is 0.529. The van der Waals surface area contributed by atoms with Gasteiger partial charge in [-0.1, -0.05) is 44.2 Å². The third-order valence-corrected chi connectivity index (χ3v) is 7.38. The summed E-state index contributed by atoms with van der Waals surface area (Å²) in [4.78, 5) is 25.4. The first-order chi connectivity index (χ1) is 21.0. The molecule has 0 spiro atoms. The third kappa shape index (κ3) is 10.1. The lowest BCUT2D eigenvalue weighted by atomic mass is 9.94. The van der Waals surface area contributed by atoms with Gasteiger partial charge >= 0.3 is 11.9 Å². The van der Waals surface area contributed by atoms with Crippen LogP contribution in [0.2, 0.25) is 0 Å². The molecule has 0 aliphatic carbocycles. The number of hydrogen-bond acceptors (Lipinski definition) is 9. The van der Waals surface area contributed by atoms with Crippen LogP contribution in [-0.4, -0.2) is 72.9 Å². The van der Waals surface area contributed by atoms with Gasteiger partial charge in [-0.05, 0) is 76.1 Å². The molecule has 1 fully saturated rings. The van der Waals surface area contributed by atoms with Crippen LogP contribution in [0.4, 0.5) is 0 Å². The summed E-state index contributed by atoms with van der Waals surface area (Å²) < 4.78 is 34.9. The van der Waals surface area contributed by atoms with E-state index in [4.69, 9.17) is 28.4 Å². The first-order valence-electron chi connectivity index (χ1n) is 15.1. The van der Waals surface area contributed by atoms with E-state index in [0.29, 0.717) is 42.7 Å². The summed E-state index contributed by atoms with van der Waals surface area (Å²) in [7, 11) is 1.45. The topological polar surface area (TPSA) is 130 Å². The van der Waals surface area contributed by atoms with Crippen LogP contribution in [0.1, 0.15) is 86.6 Å². The predicted octanol–water partition coefficient (Wildman–Crippen LogP) is 6.10. The van der Waals surface area contributed by atoms with Crippen LogP contribution < -0.4 is 9.47 Å². The highest BCUT2D eigenvalue weighted by molar-refractivity contribution is 5.95. The second-order valence-electron chi connectivity index (χ2n) is 11.5. The number of carbonyl (C=O) groups excluding carboxylic acids is 1. The highest BCUT2D eigenvalue weighted by Gasteiger charge is 2.46. The van der Waals surface area contributed by atoms with Crippen LogP contribution >= 0.6 is 0 Å². The van der Waals surface area contributed by atoms with Gasteiger partial charge in [-0.2, -0.15) is 0 Å². The molecule has 0 aromatic heterocycles. The van der Waals surface area contributed by atoms with Gasteiger partial charge < -0.3 is 38.6 Å². The first-order valence-corrected chi connectivity index (χ1v) is 15.1. The largest absolute Gasteiger partial charge is 0.493 e. The predicted molar refractivity (Wildman–Crippen MR) is 165 cm³/mol. The van der Waals surface area contributed by atoms with E-state index in [1.165, 1.54) is 7.11 Å². The molecule has 1 saturated heterocycles. The lowest BCUT2D eigenvalue weighted by molar-refractivity contribution is -0.156. The molecule has 0 saturated carbocycles. The molecule has 1 heterocycles. The van der Waals surface area contributed by atoms with E-state index in [0.717, 1.165) is 6.42 Å². The lowest BCUT2D eigenvalue weighted by Crippen LogP contribution is -2.39. The monoisotopic (exact) mass is 614 g/mol. The van der Waals surface area contributed by atoms with Crippen molar-refractivity contribution >= 4 is 18.0 Å². The molecule has 1 aliphatic rings. The zero-order chi connectivity index (χ0) is 32.3. The van der Waals surface area contributed by atoms with Gasteiger partial charge in [0, 0.05) is 13.2 Å². The van der Waals surface area contributed by atoms with Crippen molar-refractivity contribution in [3.8, 4) is 11.5 Å². The van der Waals surface area contributed by atoms with Crippen LogP contribution in [-0.2, 0) is 18.9 Å². The van der Waals surface area contributed by atoms with Gasteiger partial charge in [-0.25, -0.2) is 9.59 Å². The molecule has 0 amide bonds. The SMILES string of the molecule is CCCOc1cc(/C=C/C[C@@H]2OC(C)(C)O[C@@H]2C(CC[C@@H](C)[C@H](C)O)OC(=O)c2ccccc2)c(C(=O)O)c(OCOC)c1. The number of ether oxygens (including phenoxy) is 6. The second kappa shape index (κ2) is 16.6. The molecular weight excluding hydrogens is 568 g/mol. The summed E-state index contributed by atoms with van der Waals surface area (Å²) in [6.07, 6.45) is 3.38. The summed E-state index contributed by atoms with van der Waals surface area (Å²) in [6, 6.07) is 11.9. The number of hydrogen-bond donors (Lipinski definition) is 2. The number of aliphatic hydroxyl groups excluding tert-OH is 1. The molecule has 2 N–H and O–H groups in total. The molecule has 1 aliphatic heterocycles. The Labute approximate surface area is 259 Å². The number of carboxylic acid groups (broad SMARTS) is 1. The van der Waals surface area contributed by atoms with Crippen LogP contribution in [0.25, 0.3) is 6.08 Å². The molecule has 2 aromatic carbocycles. The molecule has 10 nitrogen and oxygen atoms in total. The molecule has 5 atom stereocenters. The van der Waals surface area contributed by atoms with Crippen molar-refractivity contribution in [2.24, 2.45) is 5.92 Å². The van der Waals surface area contributed by atoms with E-state index < -0.39 is 42.1 Å². The Balaban J connectivity index is 1.89. The molecule has 1 unspecified atom stereocenters. The van der Waals surface area contributed by atoms with Crippen molar-refractivity contribution in [1.82, 2.24) is 0 Å². The Kier molecular flexibility index (Phi) is 13.2. The summed E-state index contributed by atoms with van der Waals surface area (Å²) in [6.45, 7) is 9.59. The van der Waals surface area contributed by atoms with Gasteiger partial charge in [-0.15, -0.1) is 0 Å². The average Bonchev–Trinajstić information content (AvgIpc) is 3.30. The fourth-order valence-electron chi connectivity index (χ4n) is 4.94. The minimum Gasteiger partial charge on any atom is -0.493 e. The minimum atomic E-state index is -1.16. The maximum atomic E-state index is 13.1. The van der Waals surface area contributed by atoms with Crippen molar-refractivity contribution in [1.29, 1.82) is 0 Å². The molecule has 3 rings (SSSR count). The van der Waals surface area contributed by atoms with Gasteiger partial charge in [0.2, 0.25) is 0 Å². The molecular formula is C34H46O10. The molecule has 44 heavy (non-hydrogen) atoms. The lowest BCUT2D eigenvalue weighted by Gasteiger charge is -2.28. The van der Waals surface area contributed by atoms with Crippen LogP contribution in [0.3, 0.4) is 0 Å². The van der Waals surface area contributed by atoms with Crippen molar-refractivity contribution < 1.29 is 48.2 Å². The number of carbonyl (C=O) groups is 2. The molecule has 0 radical (unpaired) electrons. The minimum absolute atomic E-state index is 0.0206. The van der Waals surface area contributed by atoms with Crippen LogP contribution in [0, 0.1) is 5.92 Å². The number of methoxy groups -OCH3 is 1. The van der Waals surface area contributed by atoms with E-state index in [9.17, 15) is 19.8 Å². The number of carboxylic acids is 1. The molecule has 0 bridgehead atoms. The highest BCUT2D eigenvalue weighted by Crippen LogP contribution is 2.36. The fourth-order valence-corrected chi connectivity index (χ4v) is 4.94. The van der Waals surface area contributed by atoms with Gasteiger partial charge in [0.15, 0.2) is 12.6 Å². The van der Waals surface area contributed by atoms with Crippen molar-refractivity contribution in [2.45, 2.75) is 90.5 Å². The number of esters is 1. The second-order valence-corrected chi connectivity index (χ2v) is 11.5. The molecule has 10 heteroatoms. The summed E-state index contributed by atoms with van der Waals surface area (Å²) in [5.41, 5.74) is 0.794. The van der Waals surface area contributed by atoms with Gasteiger partial charge in [-0.3, -0.25) is 0 Å². The van der Waals surface area contributed by atoms with Gasteiger partial charge in [0.05, 0.1) is 24.4 Å². The maximum absolute atomic E-state index is 13.1. The van der Waals surface area contributed by atoms with E-state index in [1.54, 1.807) is 63.2 Å². The van der Waals surface area contributed by atoms with Gasteiger partial charge in [0.25, 0.3) is 0 Å². The number of benzene rings is 2. The third-order valence-electron chi connectivity index (χ3n) is 7.38. The average molecular weight is 615 g/mol. The zero-order valence-electron chi connectivity index (χ0n) is 26.5. The zero-order valence-corrected chi connectivity index (χ0v) is 26.5. The summed E-state index contributed by atoms with van der Waals surface area (Å²) in [5, 5.41) is 20.1. The smallest absolute Gasteiger partial charge is 0.340 e. The summed E-state index contributed by atoms with van der Waals surface area (Å²) >= 11 is 0. The van der Waals surface area contributed by atoms with E-state index in [-0.39, 0.29) is 24.0 Å². The van der Waals surface area contributed by atoms with Gasteiger partial charge in [0.1, 0.15) is 29.3 Å². The van der Waals surface area contributed by atoms with Crippen molar-refractivity contribution in [3.05, 3.63) is 65.2 Å². The Morgan fingerprint density at radius 2 is 1.80 bits per heavy atom. The number of aliphatic hydroxyl groups is 1. The number of rotatable bonds is 17. The normalized spacial score (nSPS) is 19.8.